The Morgan fingerprint density at radius 3 is 2.55 bits per heavy atom. The molecule has 104 valence electrons. The molecule has 2 aromatic carbocycles. The molecule has 0 radical (unpaired) electrons. The summed E-state index contributed by atoms with van der Waals surface area (Å²) >= 11 is 12.0. The monoisotopic (exact) mass is 309 g/mol. The fraction of sp³-hybridized carbons (Fsp3) is 0.133. The van der Waals surface area contributed by atoms with Crippen LogP contribution in [-0.2, 0) is 0 Å². The molecular formula is C15H13Cl2NO2. The second-order valence-electron chi connectivity index (χ2n) is 4.38. The van der Waals surface area contributed by atoms with E-state index in [4.69, 9.17) is 23.2 Å². The SMILES string of the molecule is CC(Nc1ccc(Cl)cc1C(=O)O)c1ccccc1Cl. The Labute approximate surface area is 127 Å². The largest absolute Gasteiger partial charge is 0.478 e. The average molecular weight is 310 g/mol. The lowest BCUT2D eigenvalue weighted by molar-refractivity contribution is 0.0698. The minimum Gasteiger partial charge on any atom is -0.478 e. The highest BCUT2D eigenvalue weighted by molar-refractivity contribution is 6.31. The van der Waals surface area contributed by atoms with E-state index in [2.05, 4.69) is 5.32 Å². The Hall–Kier alpha value is -1.71. The van der Waals surface area contributed by atoms with Gasteiger partial charge in [-0.25, -0.2) is 4.79 Å². The zero-order valence-electron chi connectivity index (χ0n) is 10.7. The molecule has 0 aliphatic carbocycles. The Kier molecular flexibility index (Phi) is 4.53. The maximum Gasteiger partial charge on any atom is 0.337 e. The number of carboxylic acids is 1. The molecule has 0 amide bonds. The van der Waals surface area contributed by atoms with Gasteiger partial charge in [-0.15, -0.1) is 0 Å². The minimum absolute atomic E-state index is 0.122. The highest BCUT2D eigenvalue weighted by Crippen LogP contribution is 2.28. The first-order valence-corrected chi connectivity index (χ1v) is 6.78. The van der Waals surface area contributed by atoms with Crippen LogP contribution in [0, 0.1) is 0 Å². The lowest BCUT2D eigenvalue weighted by atomic mass is 10.1. The van der Waals surface area contributed by atoms with E-state index in [1.807, 2.05) is 25.1 Å². The van der Waals surface area contributed by atoms with Gasteiger partial charge in [-0.05, 0) is 36.8 Å². The molecular weight excluding hydrogens is 297 g/mol. The summed E-state index contributed by atoms with van der Waals surface area (Å²) in [6.07, 6.45) is 0. The first-order chi connectivity index (χ1) is 9.49. The van der Waals surface area contributed by atoms with Crippen LogP contribution in [0.25, 0.3) is 0 Å². The molecule has 20 heavy (non-hydrogen) atoms. The van der Waals surface area contributed by atoms with Crippen molar-refractivity contribution in [1.29, 1.82) is 0 Å². The Morgan fingerprint density at radius 1 is 1.20 bits per heavy atom. The van der Waals surface area contributed by atoms with Crippen LogP contribution in [-0.4, -0.2) is 11.1 Å². The van der Waals surface area contributed by atoms with Gasteiger partial charge < -0.3 is 10.4 Å². The van der Waals surface area contributed by atoms with E-state index in [1.165, 1.54) is 6.07 Å². The first-order valence-electron chi connectivity index (χ1n) is 6.03. The van der Waals surface area contributed by atoms with E-state index in [-0.39, 0.29) is 11.6 Å². The van der Waals surface area contributed by atoms with Crippen LogP contribution in [0.2, 0.25) is 10.0 Å². The highest BCUT2D eigenvalue weighted by atomic mass is 35.5. The summed E-state index contributed by atoms with van der Waals surface area (Å²) in [4.78, 5) is 11.2. The second kappa shape index (κ2) is 6.16. The van der Waals surface area contributed by atoms with Gasteiger partial charge in [-0.2, -0.15) is 0 Å². The number of hydrogen-bond acceptors (Lipinski definition) is 2. The third-order valence-corrected chi connectivity index (χ3v) is 3.54. The average Bonchev–Trinajstić information content (AvgIpc) is 2.41. The van der Waals surface area contributed by atoms with Crippen molar-refractivity contribution in [2.75, 3.05) is 5.32 Å². The van der Waals surface area contributed by atoms with Crippen LogP contribution >= 0.6 is 23.2 Å². The lowest BCUT2D eigenvalue weighted by Gasteiger charge is -2.18. The van der Waals surface area contributed by atoms with Crippen molar-refractivity contribution in [3.63, 3.8) is 0 Å². The van der Waals surface area contributed by atoms with Gasteiger partial charge in [0.15, 0.2) is 0 Å². The zero-order chi connectivity index (χ0) is 14.7. The number of aromatic carboxylic acids is 1. The summed E-state index contributed by atoms with van der Waals surface area (Å²) in [7, 11) is 0. The van der Waals surface area contributed by atoms with E-state index in [0.717, 1.165) is 5.56 Å². The topological polar surface area (TPSA) is 49.3 Å². The molecule has 0 aromatic heterocycles. The maximum absolute atomic E-state index is 11.2. The number of anilines is 1. The third-order valence-electron chi connectivity index (χ3n) is 2.96. The summed E-state index contributed by atoms with van der Waals surface area (Å²) in [5.41, 5.74) is 1.55. The van der Waals surface area contributed by atoms with Gasteiger partial charge in [-0.1, -0.05) is 41.4 Å². The smallest absolute Gasteiger partial charge is 0.337 e. The predicted molar refractivity (Wildman–Crippen MR) is 81.9 cm³/mol. The van der Waals surface area contributed by atoms with Crippen molar-refractivity contribution < 1.29 is 9.90 Å². The maximum atomic E-state index is 11.2. The van der Waals surface area contributed by atoms with Crippen LogP contribution in [0.15, 0.2) is 42.5 Å². The molecule has 0 spiro atoms. The van der Waals surface area contributed by atoms with Gasteiger partial charge in [0, 0.05) is 15.7 Å². The van der Waals surface area contributed by atoms with E-state index >= 15 is 0 Å². The fourth-order valence-corrected chi connectivity index (χ4v) is 2.43. The molecule has 0 bridgehead atoms. The molecule has 5 heteroatoms. The van der Waals surface area contributed by atoms with E-state index in [9.17, 15) is 9.90 Å². The van der Waals surface area contributed by atoms with Crippen molar-refractivity contribution >= 4 is 34.9 Å². The van der Waals surface area contributed by atoms with E-state index in [0.29, 0.717) is 15.7 Å². The molecule has 0 heterocycles. The standard InChI is InChI=1S/C15H13Cl2NO2/c1-9(11-4-2-3-5-13(11)17)18-14-7-6-10(16)8-12(14)15(19)20/h2-9,18H,1H3,(H,19,20). The quantitative estimate of drug-likeness (QED) is 0.847. The summed E-state index contributed by atoms with van der Waals surface area (Å²) in [5.74, 6) is -1.03. The normalized spacial score (nSPS) is 11.9. The number of benzene rings is 2. The Bertz CT molecular complexity index is 644. The van der Waals surface area contributed by atoms with Crippen molar-refractivity contribution in [2.24, 2.45) is 0 Å². The Balaban J connectivity index is 2.31. The molecule has 0 fully saturated rings. The molecule has 2 rings (SSSR count). The van der Waals surface area contributed by atoms with Crippen LogP contribution in [0.4, 0.5) is 5.69 Å². The number of nitrogens with one attached hydrogen (secondary N) is 1. The first kappa shape index (κ1) is 14.7. The molecule has 3 nitrogen and oxygen atoms in total. The van der Waals surface area contributed by atoms with Gasteiger partial charge in [0.05, 0.1) is 11.6 Å². The number of hydrogen-bond donors (Lipinski definition) is 2. The third kappa shape index (κ3) is 3.24. The van der Waals surface area contributed by atoms with Crippen LogP contribution < -0.4 is 5.32 Å². The highest BCUT2D eigenvalue weighted by Gasteiger charge is 2.14. The summed E-state index contributed by atoms with van der Waals surface area (Å²) < 4.78 is 0. The van der Waals surface area contributed by atoms with Gasteiger partial charge in [-0.3, -0.25) is 0 Å². The summed E-state index contributed by atoms with van der Waals surface area (Å²) in [6, 6.07) is 12.0. The molecule has 0 saturated carbocycles. The summed E-state index contributed by atoms with van der Waals surface area (Å²) in [5, 5.41) is 13.4. The number of carbonyl (C=O) groups is 1. The fourth-order valence-electron chi connectivity index (χ4n) is 1.96. The van der Waals surface area contributed by atoms with E-state index < -0.39 is 5.97 Å². The van der Waals surface area contributed by atoms with Crippen molar-refractivity contribution in [2.45, 2.75) is 13.0 Å². The Morgan fingerprint density at radius 2 is 1.90 bits per heavy atom. The number of carboxylic acid groups (broad SMARTS) is 1. The predicted octanol–water partition coefficient (Wildman–Crippen LogP) is 4.86. The zero-order valence-corrected chi connectivity index (χ0v) is 12.2. The lowest BCUT2D eigenvalue weighted by Crippen LogP contribution is -2.11. The molecule has 0 aliphatic rings. The second-order valence-corrected chi connectivity index (χ2v) is 5.23. The molecule has 0 aliphatic heterocycles. The number of halogens is 2. The number of rotatable bonds is 4. The van der Waals surface area contributed by atoms with Gasteiger partial charge in [0.2, 0.25) is 0 Å². The minimum atomic E-state index is -1.03. The molecule has 1 unspecified atom stereocenters. The molecule has 2 aromatic rings. The summed E-state index contributed by atoms with van der Waals surface area (Å²) in [6.45, 7) is 1.92. The van der Waals surface area contributed by atoms with Crippen LogP contribution in [0.5, 0.6) is 0 Å². The molecule has 1 atom stereocenters. The van der Waals surface area contributed by atoms with Crippen molar-refractivity contribution in [3.8, 4) is 0 Å². The molecule has 2 N–H and O–H groups in total. The van der Waals surface area contributed by atoms with Crippen LogP contribution in [0.1, 0.15) is 28.9 Å². The van der Waals surface area contributed by atoms with Crippen molar-refractivity contribution in [1.82, 2.24) is 0 Å². The van der Waals surface area contributed by atoms with Gasteiger partial charge >= 0.3 is 5.97 Å². The van der Waals surface area contributed by atoms with Gasteiger partial charge in [0.25, 0.3) is 0 Å². The van der Waals surface area contributed by atoms with Crippen LogP contribution in [0.3, 0.4) is 0 Å². The van der Waals surface area contributed by atoms with E-state index in [1.54, 1.807) is 18.2 Å². The van der Waals surface area contributed by atoms with Crippen molar-refractivity contribution in [3.05, 3.63) is 63.6 Å². The van der Waals surface area contributed by atoms with Gasteiger partial charge in [0.1, 0.15) is 0 Å². The molecule has 0 saturated heterocycles.